The van der Waals surface area contributed by atoms with E-state index in [9.17, 15) is 0 Å². The molecule has 4 nitrogen and oxygen atoms in total. The Bertz CT molecular complexity index is 550. The smallest absolute Gasteiger partial charge is 0.108 e. The maximum Gasteiger partial charge on any atom is 0.108 e. The zero-order valence-corrected chi connectivity index (χ0v) is 12.8. The molecule has 0 aliphatic heterocycles. The Morgan fingerprint density at radius 2 is 2.26 bits per heavy atom. The van der Waals surface area contributed by atoms with Gasteiger partial charge >= 0.3 is 0 Å². The first kappa shape index (κ1) is 14.2. The Morgan fingerprint density at radius 3 is 2.84 bits per heavy atom. The number of benzene rings is 1. The van der Waals surface area contributed by atoms with Crippen LogP contribution in [0.5, 0.6) is 0 Å². The van der Waals surface area contributed by atoms with Gasteiger partial charge in [-0.2, -0.15) is 0 Å². The number of aryl methyl sites for hydroxylation is 3. The minimum absolute atomic E-state index is 0.142. The van der Waals surface area contributed by atoms with Gasteiger partial charge in [-0.25, -0.2) is 4.98 Å². The molecule has 19 heavy (non-hydrogen) atoms. The van der Waals surface area contributed by atoms with Gasteiger partial charge in [0, 0.05) is 36.4 Å². The summed E-state index contributed by atoms with van der Waals surface area (Å²) in [7, 11) is 2.01. The fraction of sp³-hybridized carbons (Fsp3) is 0.357. The minimum atomic E-state index is 0.142. The lowest BCUT2D eigenvalue weighted by molar-refractivity contribution is 0.506. The summed E-state index contributed by atoms with van der Waals surface area (Å²) in [5, 5.41) is 0. The van der Waals surface area contributed by atoms with Crippen molar-refractivity contribution in [3.8, 4) is 0 Å². The van der Waals surface area contributed by atoms with Gasteiger partial charge in [-0.3, -0.25) is 11.3 Å². The molecule has 1 atom stereocenters. The molecule has 102 valence electrons. The number of imidazole rings is 1. The Hall–Kier alpha value is -1.17. The molecule has 0 bridgehead atoms. The molecular formula is C14H19BrN4. The summed E-state index contributed by atoms with van der Waals surface area (Å²) in [4.78, 5) is 4.33. The largest absolute Gasteiger partial charge is 0.338 e. The number of nitrogens with two attached hydrogens (primary N) is 1. The van der Waals surface area contributed by atoms with Crippen LogP contribution in [0.15, 0.2) is 35.1 Å². The van der Waals surface area contributed by atoms with E-state index in [1.165, 1.54) is 11.1 Å². The van der Waals surface area contributed by atoms with E-state index >= 15 is 0 Å². The monoisotopic (exact) mass is 322 g/mol. The maximum atomic E-state index is 5.68. The molecule has 1 aromatic carbocycles. The number of aromatic nitrogens is 2. The van der Waals surface area contributed by atoms with Crippen molar-refractivity contribution in [1.29, 1.82) is 0 Å². The van der Waals surface area contributed by atoms with Gasteiger partial charge in [0.15, 0.2) is 0 Å². The second-order valence-electron chi connectivity index (χ2n) is 4.72. The van der Waals surface area contributed by atoms with Crippen molar-refractivity contribution < 1.29 is 0 Å². The number of nitrogens with one attached hydrogen (secondary N) is 1. The van der Waals surface area contributed by atoms with E-state index in [0.717, 1.165) is 23.1 Å². The van der Waals surface area contributed by atoms with Crippen molar-refractivity contribution in [2.75, 3.05) is 0 Å². The van der Waals surface area contributed by atoms with Crippen LogP contribution in [0.4, 0.5) is 0 Å². The Labute approximate surface area is 122 Å². The molecule has 0 aliphatic carbocycles. The molecule has 1 unspecified atom stereocenters. The molecule has 0 radical (unpaired) electrons. The zero-order valence-electron chi connectivity index (χ0n) is 11.2. The fourth-order valence-electron chi connectivity index (χ4n) is 2.14. The lowest BCUT2D eigenvalue weighted by Gasteiger charge is -2.17. The molecule has 2 aromatic rings. The lowest BCUT2D eigenvalue weighted by Crippen LogP contribution is -2.28. The van der Waals surface area contributed by atoms with Crippen molar-refractivity contribution in [3.05, 3.63) is 52.0 Å². The molecule has 0 spiro atoms. The van der Waals surface area contributed by atoms with Crippen LogP contribution in [0.25, 0.3) is 0 Å². The molecule has 3 N–H and O–H groups in total. The van der Waals surface area contributed by atoms with E-state index in [-0.39, 0.29) is 6.04 Å². The average molecular weight is 323 g/mol. The van der Waals surface area contributed by atoms with Gasteiger partial charge in [-0.05, 0) is 30.5 Å². The van der Waals surface area contributed by atoms with Crippen LogP contribution in [0.3, 0.4) is 0 Å². The first-order valence-electron chi connectivity index (χ1n) is 6.30. The van der Waals surface area contributed by atoms with Crippen molar-refractivity contribution >= 4 is 15.9 Å². The predicted molar refractivity (Wildman–Crippen MR) is 80.5 cm³/mol. The highest BCUT2D eigenvalue weighted by molar-refractivity contribution is 9.10. The second kappa shape index (κ2) is 6.32. The summed E-state index contributed by atoms with van der Waals surface area (Å²) < 4.78 is 3.16. The molecular weight excluding hydrogens is 304 g/mol. The molecule has 2 rings (SSSR count). The van der Waals surface area contributed by atoms with Gasteiger partial charge in [-0.15, -0.1) is 0 Å². The van der Waals surface area contributed by atoms with Gasteiger partial charge in [-0.1, -0.05) is 28.1 Å². The number of hydrazine groups is 1. The minimum Gasteiger partial charge on any atom is -0.338 e. The molecule has 0 fully saturated rings. The quantitative estimate of drug-likeness (QED) is 0.657. The van der Waals surface area contributed by atoms with Gasteiger partial charge < -0.3 is 4.57 Å². The van der Waals surface area contributed by atoms with Crippen LogP contribution in [0, 0.1) is 6.92 Å². The SMILES string of the molecule is Cc1cc(C(CCc2nccn2C)NN)ccc1Br. The van der Waals surface area contributed by atoms with Crippen molar-refractivity contribution in [1.82, 2.24) is 15.0 Å². The van der Waals surface area contributed by atoms with Crippen LogP contribution in [-0.4, -0.2) is 9.55 Å². The molecule has 0 saturated carbocycles. The van der Waals surface area contributed by atoms with E-state index < -0.39 is 0 Å². The van der Waals surface area contributed by atoms with E-state index in [4.69, 9.17) is 5.84 Å². The van der Waals surface area contributed by atoms with Gasteiger partial charge in [0.05, 0.1) is 0 Å². The third-order valence-corrected chi connectivity index (χ3v) is 4.25. The Kier molecular flexibility index (Phi) is 4.74. The summed E-state index contributed by atoms with van der Waals surface area (Å²) in [6.45, 7) is 2.08. The normalized spacial score (nSPS) is 12.6. The van der Waals surface area contributed by atoms with E-state index in [2.05, 4.69) is 51.5 Å². The molecule has 0 aliphatic rings. The first-order chi connectivity index (χ1) is 9.11. The highest BCUT2D eigenvalue weighted by atomic mass is 79.9. The molecule has 1 aromatic heterocycles. The molecule has 0 saturated heterocycles. The third kappa shape index (κ3) is 3.43. The summed E-state index contributed by atoms with van der Waals surface area (Å²) >= 11 is 3.52. The molecule has 0 amide bonds. The zero-order chi connectivity index (χ0) is 13.8. The number of halogens is 1. The number of hydrogen-bond acceptors (Lipinski definition) is 3. The number of nitrogens with zero attached hydrogens (tertiary/aromatic N) is 2. The van der Waals surface area contributed by atoms with Crippen LogP contribution < -0.4 is 11.3 Å². The number of hydrogen-bond donors (Lipinski definition) is 2. The van der Waals surface area contributed by atoms with E-state index in [1.807, 2.05) is 24.0 Å². The van der Waals surface area contributed by atoms with E-state index in [1.54, 1.807) is 0 Å². The maximum absolute atomic E-state index is 5.68. The highest BCUT2D eigenvalue weighted by Crippen LogP contribution is 2.23. The van der Waals surface area contributed by atoms with Crippen molar-refractivity contribution in [2.45, 2.75) is 25.8 Å². The van der Waals surface area contributed by atoms with Gasteiger partial charge in [0.25, 0.3) is 0 Å². The summed E-state index contributed by atoms with van der Waals surface area (Å²) in [5.74, 6) is 6.76. The van der Waals surface area contributed by atoms with Crippen molar-refractivity contribution in [2.24, 2.45) is 12.9 Å². The predicted octanol–water partition coefficient (Wildman–Crippen LogP) is 2.63. The third-order valence-electron chi connectivity index (χ3n) is 3.36. The fourth-order valence-corrected chi connectivity index (χ4v) is 2.39. The van der Waals surface area contributed by atoms with Crippen molar-refractivity contribution in [3.63, 3.8) is 0 Å². The van der Waals surface area contributed by atoms with Gasteiger partial charge in [0.2, 0.25) is 0 Å². The van der Waals surface area contributed by atoms with Gasteiger partial charge in [0.1, 0.15) is 5.82 Å². The molecule has 1 heterocycles. The second-order valence-corrected chi connectivity index (χ2v) is 5.58. The Balaban J connectivity index is 2.07. The highest BCUT2D eigenvalue weighted by Gasteiger charge is 2.12. The van der Waals surface area contributed by atoms with Crippen LogP contribution in [0.1, 0.15) is 29.4 Å². The topological polar surface area (TPSA) is 55.9 Å². The van der Waals surface area contributed by atoms with Crippen LogP contribution >= 0.6 is 15.9 Å². The summed E-state index contributed by atoms with van der Waals surface area (Å²) in [6.07, 6.45) is 5.60. The Morgan fingerprint density at radius 1 is 1.47 bits per heavy atom. The summed E-state index contributed by atoms with van der Waals surface area (Å²) in [5.41, 5.74) is 5.32. The summed E-state index contributed by atoms with van der Waals surface area (Å²) in [6, 6.07) is 6.46. The van der Waals surface area contributed by atoms with E-state index in [0.29, 0.717) is 0 Å². The first-order valence-corrected chi connectivity index (χ1v) is 7.09. The standard InChI is InChI=1S/C14H19BrN4/c1-10-9-11(3-4-12(10)15)13(18-16)5-6-14-17-7-8-19(14)2/h3-4,7-9,13,18H,5-6,16H2,1-2H3. The average Bonchev–Trinajstić information content (AvgIpc) is 2.80. The number of rotatable bonds is 5. The lowest BCUT2D eigenvalue weighted by atomic mass is 10.0. The van der Waals surface area contributed by atoms with Crippen LogP contribution in [-0.2, 0) is 13.5 Å². The van der Waals surface area contributed by atoms with Crippen LogP contribution in [0.2, 0.25) is 0 Å². The molecule has 5 heteroatoms.